The predicted molar refractivity (Wildman–Crippen MR) is 236 cm³/mol. The van der Waals surface area contributed by atoms with Gasteiger partial charge in [-0.25, -0.2) is 0 Å². The van der Waals surface area contributed by atoms with Gasteiger partial charge in [0.2, 0.25) is 5.91 Å². The molecule has 7 unspecified atom stereocenters. The van der Waals surface area contributed by atoms with E-state index < -0.39 is 77.1 Å². The number of rotatable bonds is 14. The fraction of sp³-hybridized carbons (Fsp3) is 0.412. The summed E-state index contributed by atoms with van der Waals surface area (Å²) in [5, 5.41) is 27.8. The van der Waals surface area contributed by atoms with E-state index in [0.717, 1.165) is 27.8 Å². The van der Waals surface area contributed by atoms with Gasteiger partial charge in [0.15, 0.2) is 11.8 Å². The molecule has 65 heavy (non-hydrogen) atoms. The number of carbonyl (C=O) groups is 4. The molecule has 0 aromatic heterocycles. The Morgan fingerprint density at radius 1 is 0.923 bits per heavy atom. The molecule has 5 aliphatic rings. The van der Waals surface area contributed by atoms with E-state index in [1.807, 2.05) is 60.7 Å². The van der Waals surface area contributed by atoms with Gasteiger partial charge in [-0.1, -0.05) is 91.0 Å². The van der Waals surface area contributed by atoms with E-state index in [0.29, 0.717) is 30.4 Å². The Balaban J connectivity index is 0.958. The predicted octanol–water partition coefficient (Wildman–Crippen LogP) is 5.26. The number of ether oxygens (including phenoxy) is 4. The number of allylic oxidation sites excluding steroid dienone is 1. The van der Waals surface area contributed by atoms with Crippen LogP contribution in [0, 0.1) is 5.41 Å². The molecular weight excluding hydrogens is 831 g/mol. The first-order chi connectivity index (χ1) is 31.2. The second-order valence-electron chi connectivity index (χ2n) is 18.7. The molecular formula is C51H55N3O11. The van der Waals surface area contributed by atoms with Gasteiger partial charge in [-0.15, -0.1) is 0 Å². The van der Waals surface area contributed by atoms with E-state index in [1.165, 1.54) is 0 Å². The number of nitrogens with zero attached hydrogens (tertiary/aromatic N) is 1. The number of hydroxylamine groups is 2. The second kappa shape index (κ2) is 17.8. The Bertz CT molecular complexity index is 2480. The molecule has 9 rings (SSSR count). The maximum Gasteiger partial charge on any atom is 0.327 e. The van der Waals surface area contributed by atoms with Crippen molar-refractivity contribution in [1.82, 2.24) is 15.7 Å². The minimum Gasteiger partial charge on any atom is -0.508 e. The second-order valence-corrected chi connectivity index (χ2v) is 18.7. The molecule has 2 bridgehead atoms. The molecule has 4 aromatic carbocycles. The van der Waals surface area contributed by atoms with E-state index in [9.17, 15) is 24.6 Å². The molecule has 3 heterocycles. The number of hydrogen-bond acceptors (Lipinski definition) is 12. The SMILES string of the molecule is CC(C)(C)OC(=O)CCC(CO)NC(=O)c1cccc(CNC(=O)C23CC4OC(=O)C2N(Cc2ccccc2C=CCc2ccccc2O)OC3C2OC3(Cc5ccccc5C3)OC42)c1. The third-order valence-corrected chi connectivity index (χ3v) is 13.0. The Morgan fingerprint density at radius 3 is 2.37 bits per heavy atom. The van der Waals surface area contributed by atoms with Gasteiger partial charge >= 0.3 is 11.9 Å². The van der Waals surface area contributed by atoms with E-state index in [1.54, 1.807) is 62.2 Å². The van der Waals surface area contributed by atoms with Crippen molar-refractivity contribution in [2.24, 2.45) is 5.41 Å². The van der Waals surface area contributed by atoms with Crippen LogP contribution in [0.4, 0.5) is 0 Å². The minimum atomic E-state index is -1.44. The summed E-state index contributed by atoms with van der Waals surface area (Å²) in [6.45, 7) is 5.12. The zero-order chi connectivity index (χ0) is 45.5. The highest BCUT2D eigenvalue weighted by atomic mass is 16.8. The number of nitrogens with one attached hydrogen (secondary N) is 2. The number of aliphatic hydroxyl groups is 1. The lowest BCUT2D eigenvalue weighted by Crippen LogP contribution is -2.69. The van der Waals surface area contributed by atoms with E-state index in [4.69, 9.17) is 23.8 Å². The van der Waals surface area contributed by atoms with Crippen molar-refractivity contribution in [3.63, 3.8) is 0 Å². The van der Waals surface area contributed by atoms with Crippen molar-refractivity contribution in [2.75, 3.05) is 6.61 Å². The lowest BCUT2D eigenvalue weighted by atomic mass is 9.62. The van der Waals surface area contributed by atoms with Crippen LogP contribution in [-0.2, 0) is 70.5 Å². The number of aliphatic hydroxyl groups excluding tert-OH is 1. The molecule has 4 N–H and O–H groups in total. The number of esters is 2. The molecule has 3 saturated heterocycles. The fourth-order valence-electron chi connectivity index (χ4n) is 10.1. The van der Waals surface area contributed by atoms with E-state index in [-0.39, 0.29) is 44.7 Å². The molecule has 4 fully saturated rings. The molecule has 340 valence electrons. The van der Waals surface area contributed by atoms with Crippen molar-refractivity contribution in [2.45, 2.75) is 120 Å². The van der Waals surface area contributed by atoms with Gasteiger partial charge in [-0.3, -0.25) is 24.0 Å². The molecule has 0 radical (unpaired) electrons. The van der Waals surface area contributed by atoms with Crippen LogP contribution in [0.15, 0.2) is 103 Å². The number of hydrogen-bond donors (Lipinski definition) is 4. The van der Waals surface area contributed by atoms with Crippen LogP contribution in [0.3, 0.4) is 0 Å². The average Bonchev–Trinajstić information content (AvgIpc) is 3.96. The van der Waals surface area contributed by atoms with E-state index in [2.05, 4.69) is 22.8 Å². The number of benzene rings is 4. The largest absolute Gasteiger partial charge is 0.508 e. The first-order valence-electron chi connectivity index (χ1n) is 22.3. The topological polar surface area (TPSA) is 182 Å². The first kappa shape index (κ1) is 44.3. The summed E-state index contributed by atoms with van der Waals surface area (Å²) >= 11 is 0. The molecule has 4 aromatic rings. The number of amides is 2. The van der Waals surface area contributed by atoms with Gasteiger partial charge in [0, 0.05) is 37.8 Å². The highest BCUT2D eigenvalue weighted by Crippen LogP contribution is 2.58. The Hall–Kier alpha value is -5.90. The molecule has 2 aliphatic carbocycles. The maximum atomic E-state index is 15.1. The van der Waals surface area contributed by atoms with Gasteiger partial charge in [0.05, 0.1) is 19.2 Å². The molecule has 3 aliphatic heterocycles. The molecule has 7 atom stereocenters. The van der Waals surface area contributed by atoms with Crippen LogP contribution < -0.4 is 10.6 Å². The molecule has 1 spiro atoms. The van der Waals surface area contributed by atoms with Crippen molar-refractivity contribution in [3.8, 4) is 5.75 Å². The zero-order valence-corrected chi connectivity index (χ0v) is 36.7. The summed E-state index contributed by atoms with van der Waals surface area (Å²) in [6.07, 6.45) is 2.68. The van der Waals surface area contributed by atoms with Crippen molar-refractivity contribution in [1.29, 1.82) is 0 Å². The van der Waals surface area contributed by atoms with Gasteiger partial charge in [0.1, 0.15) is 41.2 Å². The first-order valence-corrected chi connectivity index (χ1v) is 22.3. The summed E-state index contributed by atoms with van der Waals surface area (Å²) in [7, 11) is 0. The standard InChI is InChI=1S/C51H55N3O11/c1-49(2,3)62-41(57)23-22-38(30-55)53-46(58)34-20-10-12-31(24-34)28-52-48(60)51-27-40-42-43(64-50(63-42)25-35-15-5-6-16-36(35)26-50)45(51)65-54(44(51)47(59)61-40)29-37-17-7-4-13-32(37)18-11-19-33-14-8-9-21-39(33)56/h4-18,20-21,24,38,40,42-45,55-56H,19,22-23,25-30H2,1-3H3,(H,52,60)(H,53,58). The van der Waals surface area contributed by atoms with Crippen LogP contribution in [0.1, 0.15) is 83.8 Å². The number of para-hydroxylation sites is 1. The maximum absolute atomic E-state index is 15.1. The Kier molecular flexibility index (Phi) is 12.1. The lowest BCUT2D eigenvalue weighted by Gasteiger charge is -2.48. The Labute approximate surface area is 377 Å². The number of fused-ring (bicyclic) bond motifs is 5. The number of carbonyl (C=O) groups excluding carboxylic acids is 4. The van der Waals surface area contributed by atoms with Gasteiger partial charge in [-0.05, 0) is 85.2 Å². The molecule has 2 amide bonds. The van der Waals surface area contributed by atoms with Gasteiger partial charge < -0.3 is 39.8 Å². The molecule has 1 saturated carbocycles. The minimum absolute atomic E-state index is 0.0198. The Morgan fingerprint density at radius 2 is 1.63 bits per heavy atom. The summed E-state index contributed by atoms with van der Waals surface area (Å²) < 4.78 is 25.3. The number of aromatic hydroxyl groups is 1. The van der Waals surface area contributed by atoms with Gasteiger partial charge in [0.25, 0.3) is 5.91 Å². The van der Waals surface area contributed by atoms with Gasteiger partial charge in [-0.2, -0.15) is 5.06 Å². The summed E-state index contributed by atoms with van der Waals surface area (Å²) in [5.74, 6) is -2.67. The third-order valence-electron chi connectivity index (χ3n) is 13.0. The summed E-state index contributed by atoms with van der Waals surface area (Å²) in [6, 6.07) is 28.0. The number of phenolic OH excluding ortho intramolecular Hbond substituents is 1. The van der Waals surface area contributed by atoms with Crippen LogP contribution in [0.5, 0.6) is 5.75 Å². The normalized spacial score (nSPS) is 25.5. The van der Waals surface area contributed by atoms with Crippen LogP contribution in [-0.4, -0.2) is 93.5 Å². The fourth-order valence-corrected chi connectivity index (χ4v) is 10.1. The van der Waals surface area contributed by atoms with E-state index >= 15 is 4.79 Å². The molecule has 14 nitrogen and oxygen atoms in total. The third kappa shape index (κ3) is 8.93. The summed E-state index contributed by atoms with van der Waals surface area (Å²) in [5.41, 5.74) is 3.57. The number of phenols is 1. The highest BCUT2D eigenvalue weighted by molar-refractivity contribution is 5.95. The van der Waals surface area contributed by atoms with Crippen molar-refractivity contribution in [3.05, 3.63) is 142 Å². The lowest BCUT2D eigenvalue weighted by molar-refractivity contribution is -0.217. The summed E-state index contributed by atoms with van der Waals surface area (Å²) in [4.78, 5) is 62.0. The van der Waals surface area contributed by atoms with Crippen LogP contribution >= 0.6 is 0 Å². The zero-order valence-electron chi connectivity index (χ0n) is 36.7. The van der Waals surface area contributed by atoms with Crippen molar-refractivity contribution < 1.29 is 53.2 Å². The van der Waals surface area contributed by atoms with Crippen LogP contribution in [0.25, 0.3) is 6.08 Å². The monoisotopic (exact) mass is 885 g/mol. The van der Waals surface area contributed by atoms with Crippen molar-refractivity contribution >= 4 is 29.8 Å². The highest BCUT2D eigenvalue weighted by Gasteiger charge is 2.76. The quantitative estimate of drug-likeness (QED) is 0.121. The smallest absolute Gasteiger partial charge is 0.327 e. The van der Waals surface area contributed by atoms with Crippen LogP contribution in [0.2, 0.25) is 0 Å². The molecule has 14 heteroatoms. The average molecular weight is 886 g/mol.